The molecule has 0 unspecified atom stereocenters. The Morgan fingerprint density at radius 2 is 1.88 bits per heavy atom. The Balaban J connectivity index is 0.000000771. The summed E-state index contributed by atoms with van der Waals surface area (Å²) < 4.78 is 7.60. The molecule has 0 amide bonds. The van der Waals surface area contributed by atoms with Gasteiger partial charge in [0.2, 0.25) is 0 Å². The minimum atomic E-state index is -0.170. The van der Waals surface area contributed by atoms with E-state index in [2.05, 4.69) is 27.2 Å². The lowest BCUT2D eigenvalue weighted by molar-refractivity contribution is 0.178. The fourth-order valence-electron chi connectivity index (χ4n) is 4.37. The number of allylic oxidation sites excluding steroid dienone is 10. The smallest absolute Gasteiger partial charge is 0.274 e. The predicted molar refractivity (Wildman–Crippen MR) is 139 cm³/mol. The number of aromatic nitrogens is 4. The molecule has 2 heterocycles. The molecule has 0 atom stereocenters. The van der Waals surface area contributed by atoms with Gasteiger partial charge in [0.1, 0.15) is 6.61 Å². The first kappa shape index (κ1) is 25.5. The van der Waals surface area contributed by atoms with Crippen molar-refractivity contribution in [2.75, 3.05) is 0 Å². The topological polar surface area (TPSA) is 72.3 Å². The number of nitrogens with zero attached hydrogens (tertiary/aromatic N) is 3. The molecular weight excluding hydrogens is 424 g/mol. The monoisotopic (exact) mass is 462 g/mol. The lowest BCUT2D eigenvalue weighted by atomic mass is 9.86. The SMILES string of the molecule is CC.CC.O=c1cc(CO/C2=C3\CCC/C(=C/CCC2)C3)nc2nc(C3=CC=CC=CC3)[nH]n12. The first-order valence-electron chi connectivity index (χ1n) is 12.8. The van der Waals surface area contributed by atoms with Gasteiger partial charge in [0, 0.05) is 18.1 Å². The fraction of sp³-hybridized carbons (Fsp3) is 0.464. The molecule has 6 nitrogen and oxygen atoms in total. The molecule has 3 aliphatic carbocycles. The lowest BCUT2D eigenvalue weighted by Gasteiger charge is -2.24. The first-order chi connectivity index (χ1) is 16.8. The van der Waals surface area contributed by atoms with Crippen LogP contribution in [0.2, 0.25) is 0 Å². The summed E-state index contributed by atoms with van der Waals surface area (Å²) in [6, 6.07) is 1.54. The van der Waals surface area contributed by atoms with Crippen molar-refractivity contribution < 1.29 is 4.74 Å². The molecule has 3 aliphatic rings. The highest BCUT2D eigenvalue weighted by Crippen LogP contribution is 2.34. The minimum Gasteiger partial charge on any atom is -0.492 e. The van der Waals surface area contributed by atoms with Crippen LogP contribution in [0.1, 0.15) is 90.6 Å². The zero-order chi connectivity index (χ0) is 24.3. The molecule has 1 saturated carbocycles. The summed E-state index contributed by atoms with van der Waals surface area (Å²) in [5.74, 6) is 2.15. The van der Waals surface area contributed by atoms with Crippen molar-refractivity contribution in [1.82, 2.24) is 19.6 Å². The van der Waals surface area contributed by atoms with Gasteiger partial charge in [-0.25, -0.2) is 4.98 Å². The zero-order valence-electron chi connectivity index (χ0n) is 21.1. The second kappa shape index (κ2) is 12.9. The van der Waals surface area contributed by atoms with Crippen LogP contribution in [0.15, 0.2) is 64.2 Å². The van der Waals surface area contributed by atoms with Gasteiger partial charge >= 0.3 is 0 Å². The summed E-state index contributed by atoms with van der Waals surface area (Å²) in [6.45, 7) is 8.31. The summed E-state index contributed by atoms with van der Waals surface area (Å²) >= 11 is 0. The molecule has 2 aromatic heterocycles. The van der Waals surface area contributed by atoms with E-state index in [9.17, 15) is 4.79 Å². The molecule has 1 fully saturated rings. The molecule has 2 aromatic rings. The Morgan fingerprint density at radius 3 is 2.74 bits per heavy atom. The lowest BCUT2D eigenvalue weighted by Crippen LogP contribution is -2.16. The number of fused-ring (bicyclic) bond motifs is 3. The van der Waals surface area contributed by atoms with Crippen molar-refractivity contribution >= 4 is 11.4 Å². The van der Waals surface area contributed by atoms with E-state index in [1.807, 2.05) is 52.0 Å². The molecule has 182 valence electrons. The summed E-state index contributed by atoms with van der Waals surface area (Å²) in [5, 5.41) is 3.08. The Kier molecular flexibility index (Phi) is 9.68. The maximum atomic E-state index is 12.6. The molecule has 0 saturated heterocycles. The summed E-state index contributed by atoms with van der Waals surface area (Å²) in [7, 11) is 0. The number of hydrogen-bond donors (Lipinski definition) is 1. The number of hydrogen-bond acceptors (Lipinski definition) is 4. The van der Waals surface area contributed by atoms with Crippen LogP contribution in [0.5, 0.6) is 0 Å². The van der Waals surface area contributed by atoms with E-state index >= 15 is 0 Å². The van der Waals surface area contributed by atoms with Gasteiger partial charge in [0.05, 0.1) is 11.5 Å². The highest BCUT2D eigenvalue weighted by atomic mass is 16.5. The van der Waals surface area contributed by atoms with Gasteiger partial charge < -0.3 is 4.74 Å². The number of ether oxygens (including phenoxy) is 1. The van der Waals surface area contributed by atoms with E-state index in [0.717, 1.165) is 49.9 Å². The summed E-state index contributed by atoms with van der Waals surface area (Å²) in [5.41, 5.74) is 4.44. The number of nitrogens with one attached hydrogen (secondary N) is 1. The standard InChI is InChI=1S/C24H26N4O2.2C2H6/c29-22-15-20(16-30-21-13-6-5-8-17-9-7-12-19(21)14-17)25-24-26-23(27-28(22)24)18-10-3-1-2-4-11-18;2*1-2/h1-4,8,10,15H,5-7,9,11-14,16H2,(H,25,26,27);2*1-2H3/b17-8-,21-19+;;. The third-order valence-electron chi connectivity index (χ3n) is 5.93. The van der Waals surface area contributed by atoms with E-state index in [0.29, 0.717) is 23.9 Å². The Hall–Kier alpha value is -3.15. The molecule has 1 N–H and O–H groups in total. The molecule has 0 spiro atoms. The summed E-state index contributed by atoms with van der Waals surface area (Å²) in [6.07, 6.45) is 21.0. The van der Waals surface area contributed by atoms with E-state index in [4.69, 9.17) is 4.74 Å². The number of H-pyrrole nitrogens is 1. The number of aromatic amines is 1. The molecule has 0 radical (unpaired) electrons. The van der Waals surface area contributed by atoms with Crippen molar-refractivity contribution in [3.8, 4) is 0 Å². The third kappa shape index (κ3) is 6.25. The van der Waals surface area contributed by atoms with Crippen LogP contribution in [-0.2, 0) is 11.3 Å². The Labute approximate surface area is 202 Å². The molecule has 34 heavy (non-hydrogen) atoms. The highest BCUT2D eigenvalue weighted by molar-refractivity contribution is 5.64. The van der Waals surface area contributed by atoms with Crippen LogP contribution in [0.25, 0.3) is 11.4 Å². The average Bonchev–Trinajstić information content (AvgIpc) is 3.12. The van der Waals surface area contributed by atoms with Crippen LogP contribution >= 0.6 is 0 Å². The molecule has 2 bridgehead atoms. The van der Waals surface area contributed by atoms with E-state index in [1.54, 1.807) is 5.57 Å². The third-order valence-corrected chi connectivity index (χ3v) is 5.93. The molecule has 5 rings (SSSR count). The van der Waals surface area contributed by atoms with Gasteiger partial charge in [-0.05, 0) is 50.5 Å². The number of rotatable bonds is 4. The van der Waals surface area contributed by atoms with E-state index < -0.39 is 0 Å². The van der Waals surface area contributed by atoms with Crippen molar-refractivity contribution in [3.63, 3.8) is 0 Å². The van der Waals surface area contributed by atoms with Gasteiger partial charge in [-0.1, -0.05) is 69.7 Å². The normalized spacial score (nSPS) is 20.9. The van der Waals surface area contributed by atoms with Crippen LogP contribution in [0.4, 0.5) is 0 Å². The van der Waals surface area contributed by atoms with Crippen molar-refractivity contribution in [1.29, 1.82) is 0 Å². The van der Waals surface area contributed by atoms with Gasteiger partial charge in [-0.15, -0.1) is 0 Å². The van der Waals surface area contributed by atoms with Gasteiger partial charge in [-0.2, -0.15) is 9.50 Å². The second-order valence-corrected chi connectivity index (χ2v) is 8.10. The second-order valence-electron chi connectivity index (χ2n) is 8.10. The van der Waals surface area contributed by atoms with Gasteiger partial charge in [-0.3, -0.25) is 9.89 Å². The first-order valence-corrected chi connectivity index (χ1v) is 12.8. The van der Waals surface area contributed by atoms with Gasteiger partial charge in [0.25, 0.3) is 11.3 Å². The van der Waals surface area contributed by atoms with Gasteiger partial charge in [0.15, 0.2) is 5.82 Å². The molecule has 6 heteroatoms. The highest BCUT2D eigenvalue weighted by Gasteiger charge is 2.18. The van der Waals surface area contributed by atoms with Crippen molar-refractivity contribution in [3.05, 3.63) is 81.3 Å². The van der Waals surface area contributed by atoms with E-state index in [-0.39, 0.29) is 5.56 Å². The largest absolute Gasteiger partial charge is 0.492 e. The average molecular weight is 463 g/mol. The maximum Gasteiger partial charge on any atom is 0.274 e. The quantitative estimate of drug-likeness (QED) is 0.506. The van der Waals surface area contributed by atoms with Crippen LogP contribution in [0.3, 0.4) is 0 Å². The van der Waals surface area contributed by atoms with Crippen LogP contribution < -0.4 is 5.56 Å². The Bertz CT molecular complexity index is 1170. The Morgan fingerprint density at radius 1 is 1.03 bits per heavy atom. The minimum absolute atomic E-state index is 0.170. The van der Waals surface area contributed by atoms with Crippen molar-refractivity contribution in [2.45, 2.75) is 85.7 Å². The fourth-order valence-corrected chi connectivity index (χ4v) is 4.37. The van der Waals surface area contributed by atoms with E-state index in [1.165, 1.54) is 29.0 Å². The molecular formula is C28H38N4O2. The van der Waals surface area contributed by atoms with Crippen LogP contribution in [-0.4, -0.2) is 19.6 Å². The van der Waals surface area contributed by atoms with Crippen molar-refractivity contribution in [2.24, 2.45) is 0 Å². The molecule has 0 aromatic carbocycles. The predicted octanol–water partition coefficient (Wildman–Crippen LogP) is 6.82. The zero-order valence-corrected chi connectivity index (χ0v) is 21.1. The molecule has 0 aliphatic heterocycles. The summed E-state index contributed by atoms with van der Waals surface area (Å²) in [4.78, 5) is 21.8. The van der Waals surface area contributed by atoms with Crippen LogP contribution in [0, 0.1) is 0 Å². The maximum absolute atomic E-state index is 12.6.